The maximum absolute atomic E-state index is 2.28. The van der Waals surface area contributed by atoms with Crippen LogP contribution in [0.2, 0.25) is 0 Å². The van der Waals surface area contributed by atoms with Gasteiger partial charge in [-0.05, 0) is 70.6 Å². The van der Waals surface area contributed by atoms with Gasteiger partial charge in [-0.25, -0.2) is 0 Å². The Hall–Kier alpha value is -0.420. The summed E-state index contributed by atoms with van der Waals surface area (Å²) in [6, 6.07) is 8.84. The summed E-state index contributed by atoms with van der Waals surface area (Å²) in [5.74, 6) is 0. The van der Waals surface area contributed by atoms with Crippen molar-refractivity contribution in [1.82, 2.24) is 0 Å². The largest absolute Gasteiger partial charge is 0.0866 e. The highest BCUT2D eigenvalue weighted by molar-refractivity contribution is 8.29. The first-order chi connectivity index (χ1) is 10.5. The first kappa shape index (κ1) is 16.4. The lowest BCUT2D eigenvalue weighted by Gasteiger charge is -2.00. The second-order valence-corrected chi connectivity index (χ2v) is 10.8. The van der Waals surface area contributed by atoms with Crippen molar-refractivity contribution < 1.29 is 0 Å². The molecule has 2 heterocycles. The number of hydrogen-bond acceptors (Lipinski definition) is 4. The molecule has 0 aliphatic carbocycles. The van der Waals surface area contributed by atoms with E-state index in [0.717, 1.165) is 0 Å². The highest BCUT2D eigenvalue weighted by atomic mass is 32.2. The fraction of sp³-hybridized carbons (Fsp3) is 0.222. The van der Waals surface area contributed by atoms with Crippen molar-refractivity contribution >= 4 is 59.2 Å². The summed E-state index contributed by atoms with van der Waals surface area (Å²) in [4.78, 5) is 5.69. The zero-order valence-electron chi connectivity index (χ0n) is 13.1. The van der Waals surface area contributed by atoms with Crippen molar-refractivity contribution in [3.63, 3.8) is 0 Å². The van der Waals surface area contributed by atoms with Gasteiger partial charge in [-0.2, -0.15) is 0 Å². The lowest BCUT2D eigenvalue weighted by atomic mass is 10.1. The van der Waals surface area contributed by atoms with Gasteiger partial charge in [0.05, 0.1) is 0 Å². The fourth-order valence-corrected chi connectivity index (χ4v) is 6.91. The Labute approximate surface area is 150 Å². The molecule has 1 aromatic rings. The third kappa shape index (κ3) is 3.91. The van der Waals surface area contributed by atoms with Crippen LogP contribution in [-0.4, -0.2) is 0 Å². The Kier molecular flexibility index (Phi) is 5.23. The van der Waals surface area contributed by atoms with Gasteiger partial charge in [0.1, 0.15) is 0 Å². The van der Waals surface area contributed by atoms with E-state index in [1.54, 1.807) is 0 Å². The highest BCUT2D eigenvalue weighted by Crippen LogP contribution is 2.50. The average Bonchev–Trinajstić information content (AvgIpc) is 2.95. The second-order valence-electron chi connectivity index (χ2n) is 5.23. The monoisotopic (exact) mass is 362 g/mol. The van der Waals surface area contributed by atoms with E-state index in [0.29, 0.717) is 0 Å². The zero-order valence-corrected chi connectivity index (χ0v) is 16.4. The normalized spacial score (nSPS) is 18.5. The molecular weight excluding hydrogens is 344 g/mol. The van der Waals surface area contributed by atoms with Crippen LogP contribution in [-0.2, 0) is 0 Å². The molecule has 22 heavy (non-hydrogen) atoms. The molecule has 0 spiro atoms. The van der Waals surface area contributed by atoms with Crippen molar-refractivity contribution in [1.29, 1.82) is 0 Å². The quantitative estimate of drug-likeness (QED) is 0.527. The molecule has 4 heteroatoms. The van der Waals surface area contributed by atoms with Gasteiger partial charge in [0.15, 0.2) is 0 Å². The molecule has 0 amide bonds. The summed E-state index contributed by atoms with van der Waals surface area (Å²) in [6.07, 6.45) is 4.56. The molecule has 3 rings (SSSR count). The molecule has 0 saturated heterocycles. The van der Waals surface area contributed by atoms with E-state index in [-0.39, 0.29) is 0 Å². The van der Waals surface area contributed by atoms with Crippen molar-refractivity contribution in [3.8, 4) is 0 Å². The van der Waals surface area contributed by atoms with Crippen LogP contribution in [0.15, 0.2) is 52.4 Å². The van der Waals surface area contributed by atoms with Gasteiger partial charge in [-0.15, -0.1) is 0 Å². The Morgan fingerprint density at radius 1 is 0.545 bits per heavy atom. The van der Waals surface area contributed by atoms with E-state index in [9.17, 15) is 0 Å². The van der Waals surface area contributed by atoms with Crippen LogP contribution >= 0.6 is 47.0 Å². The third-order valence-electron chi connectivity index (χ3n) is 3.51. The number of allylic oxidation sites excluding steroid dienone is 4. The van der Waals surface area contributed by atoms with Gasteiger partial charge >= 0.3 is 0 Å². The molecule has 0 saturated carbocycles. The van der Waals surface area contributed by atoms with E-state index in [1.807, 2.05) is 47.0 Å². The molecule has 0 unspecified atom stereocenters. The summed E-state index contributed by atoms with van der Waals surface area (Å²) in [5.41, 5.74) is 2.55. The van der Waals surface area contributed by atoms with Crippen LogP contribution < -0.4 is 0 Å². The van der Waals surface area contributed by atoms with Crippen molar-refractivity contribution in [2.24, 2.45) is 0 Å². The molecular formula is C18H18S4. The fourth-order valence-electron chi connectivity index (χ4n) is 2.01. The lowest BCUT2D eigenvalue weighted by Crippen LogP contribution is -1.76. The Morgan fingerprint density at radius 2 is 0.818 bits per heavy atom. The summed E-state index contributed by atoms with van der Waals surface area (Å²) in [5, 5.41) is 0. The molecule has 0 nitrogen and oxygen atoms in total. The Balaban J connectivity index is 1.70. The minimum atomic E-state index is 1.27. The molecule has 2 aliphatic rings. The number of hydrogen-bond donors (Lipinski definition) is 0. The van der Waals surface area contributed by atoms with Crippen LogP contribution in [0.1, 0.15) is 38.8 Å². The number of rotatable bonds is 2. The van der Waals surface area contributed by atoms with E-state index in [1.165, 1.54) is 39.2 Å². The van der Waals surface area contributed by atoms with Crippen molar-refractivity contribution in [2.45, 2.75) is 27.7 Å². The van der Waals surface area contributed by atoms with E-state index in [4.69, 9.17) is 0 Å². The van der Waals surface area contributed by atoms with Crippen LogP contribution in [0.4, 0.5) is 0 Å². The van der Waals surface area contributed by atoms with Crippen molar-refractivity contribution in [2.75, 3.05) is 0 Å². The lowest BCUT2D eigenvalue weighted by molar-refractivity contribution is 1.57. The Bertz CT molecular complexity index is 623. The maximum atomic E-state index is 2.28. The molecule has 0 fully saturated rings. The number of benzene rings is 1. The summed E-state index contributed by atoms with van der Waals surface area (Å²) in [6.45, 7) is 8.77. The van der Waals surface area contributed by atoms with Crippen molar-refractivity contribution in [3.05, 3.63) is 63.5 Å². The molecule has 0 aromatic heterocycles. The summed E-state index contributed by atoms with van der Waals surface area (Å²) in [7, 11) is 0. The Morgan fingerprint density at radius 3 is 1.09 bits per heavy atom. The second kappa shape index (κ2) is 7.00. The highest BCUT2D eigenvalue weighted by Gasteiger charge is 2.14. The van der Waals surface area contributed by atoms with Crippen LogP contribution in [0.5, 0.6) is 0 Å². The third-order valence-corrected chi connectivity index (χ3v) is 8.50. The standard InChI is InChI=1S/C18H18S4/c1-11-12(2)20-17(19-11)9-15-5-7-16(8-6-15)10-18-21-13(3)14(4)22-18/h5-10H,1-4H3. The predicted octanol–water partition coefficient (Wildman–Crippen LogP) is 7.75. The average molecular weight is 363 g/mol. The van der Waals surface area contributed by atoms with Gasteiger partial charge in [-0.3, -0.25) is 0 Å². The molecule has 0 bridgehead atoms. The predicted molar refractivity (Wildman–Crippen MR) is 110 cm³/mol. The maximum Gasteiger partial charge on any atom is 0.0498 e. The molecule has 1 aromatic carbocycles. The van der Waals surface area contributed by atoms with Gasteiger partial charge in [0, 0.05) is 8.47 Å². The van der Waals surface area contributed by atoms with Crippen LogP contribution in [0.25, 0.3) is 12.2 Å². The minimum absolute atomic E-state index is 1.27. The molecule has 0 atom stereocenters. The van der Waals surface area contributed by atoms with E-state index < -0.39 is 0 Å². The van der Waals surface area contributed by atoms with Gasteiger partial charge in [0.25, 0.3) is 0 Å². The SMILES string of the molecule is CC1=C(C)SC(=Cc2ccc(C=C3SC(C)=C(C)S3)cc2)S1. The first-order valence-electron chi connectivity index (χ1n) is 7.11. The van der Waals surface area contributed by atoms with Gasteiger partial charge < -0.3 is 0 Å². The molecule has 0 N–H and O–H groups in total. The van der Waals surface area contributed by atoms with E-state index in [2.05, 4.69) is 64.1 Å². The summed E-state index contributed by atoms with van der Waals surface area (Å²) >= 11 is 7.52. The van der Waals surface area contributed by atoms with E-state index >= 15 is 0 Å². The molecule has 2 aliphatic heterocycles. The molecule has 0 radical (unpaired) electrons. The minimum Gasteiger partial charge on any atom is -0.0866 e. The topological polar surface area (TPSA) is 0 Å². The molecule has 114 valence electrons. The zero-order chi connectivity index (χ0) is 15.7. The number of thioether (sulfide) groups is 4. The van der Waals surface area contributed by atoms with Crippen LogP contribution in [0, 0.1) is 0 Å². The smallest absolute Gasteiger partial charge is 0.0498 e. The van der Waals surface area contributed by atoms with Crippen LogP contribution in [0.3, 0.4) is 0 Å². The van der Waals surface area contributed by atoms with Gasteiger partial charge in [0.2, 0.25) is 0 Å². The van der Waals surface area contributed by atoms with Gasteiger partial charge in [-0.1, -0.05) is 71.3 Å². The summed E-state index contributed by atoms with van der Waals surface area (Å²) < 4.78 is 2.75. The first-order valence-corrected chi connectivity index (χ1v) is 10.4.